The third-order valence-electron chi connectivity index (χ3n) is 2.60. The first kappa shape index (κ1) is 13.5. The van der Waals surface area contributed by atoms with E-state index in [0.29, 0.717) is 6.54 Å². The minimum atomic E-state index is -0.553. The van der Waals surface area contributed by atoms with Gasteiger partial charge in [-0.1, -0.05) is 46.6 Å². The number of benzene rings is 1. The van der Waals surface area contributed by atoms with E-state index in [1.165, 1.54) is 10.2 Å². The van der Waals surface area contributed by atoms with E-state index in [0.717, 1.165) is 5.56 Å². The van der Waals surface area contributed by atoms with Gasteiger partial charge in [0, 0.05) is 0 Å². The second kappa shape index (κ2) is 5.84. The number of esters is 1. The molecule has 0 saturated heterocycles. The summed E-state index contributed by atoms with van der Waals surface area (Å²) in [5, 5.41) is 7.82. The summed E-state index contributed by atoms with van der Waals surface area (Å²) in [5.41, 5.74) is 2.27. The van der Waals surface area contributed by atoms with E-state index < -0.39 is 5.97 Å². The number of halogens is 1. The third kappa shape index (κ3) is 3.12. The van der Waals surface area contributed by atoms with Crippen molar-refractivity contribution in [1.29, 1.82) is 0 Å². The van der Waals surface area contributed by atoms with Gasteiger partial charge in [-0.2, -0.15) is 0 Å². The van der Waals surface area contributed by atoms with Gasteiger partial charge in [-0.25, -0.2) is 9.48 Å². The number of aromatic nitrogens is 3. The van der Waals surface area contributed by atoms with Crippen LogP contribution >= 0.6 is 11.6 Å². The number of ether oxygens (including phenoxy) is 1. The topological polar surface area (TPSA) is 57.0 Å². The molecule has 0 spiro atoms. The molecule has 2 aromatic rings. The third-order valence-corrected chi connectivity index (χ3v) is 2.97. The van der Waals surface area contributed by atoms with Crippen molar-refractivity contribution in [2.45, 2.75) is 20.4 Å². The Morgan fingerprint density at radius 1 is 1.37 bits per heavy atom. The van der Waals surface area contributed by atoms with E-state index in [4.69, 9.17) is 16.3 Å². The highest BCUT2D eigenvalue weighted by atomic mass is 35.5. The standard InChI is InChI=1S/C13H14ClN3O2/c1-3-19-13(18)11-12(14)17(16-15-11)8-10-6-4-9(2)5-7-10/h4-7H,3,8H2,1-2H3. The molecule has 0 aliphatic rings. The molecule has 0 radical (unpaired) electrons. The van der Waals surface area contributed by atoms with E-state index in [1.807, 2.05) is 31.2 Å². The fourth-order valence-corrected chi connectivity index (χ4v) is 1.80. The Labute approximate surface area is 116 Å². The van der Waals surface area contributed by atoms with Gasteiger partial charge in [0.25, 0.3) is 0 Å². The van der Waals surface area contributed by atoms with Crippen molar-refractivity contribution in [3.05, 3.63) is 46.2 Å². The predicted octanol–water partition coefficient (Wildman–Crippen LogP) is 2.46. The van der Waals surface area contributed by atoms with Crippen molar-refractivity contribution in [2.24, 2.45) is 0 Å². The summed E-state index contributed by atoms with van der Waals surface area (Å²) >= 11 is 6.07. The van der Waals surface area contributed by atoms with Crippen molar-refractivity contribution < 1.29 is 9.53 Å². The number of nitrogens with zero attached hydrogens (tertiary/aromatic N) is 3. The van der Waals surface area contributed by atoms with E-state index in [1.54, 1.807) is 6.92 Å². The highest BCUT2D eigenvalue weighted by Gasteiger charge is 2.19. The van der Waals surface area contributed by atoms with Gasteiger partial charge in [0.05, 0.1) is 13.2 Å². The van der Waals surface area contributed by atoms with Crippen LogP contribution in [0.15, 0.2) is 24.3 Å². The van der Waals surface area contributed by atoms with Crippen molar-refractivity contribution in [3.63, 3.8) is 0 Å². The van der Waals surface area contributed by atoms with Gasteiger partial charge in [-0.3, -0.25) is 0 Å². The molecule has 0 aliphatic heterocycles. The fraction of sp³-hybridized carbons (Fsp3) is 0.308. The summed E-state index contributed by atoms with van der Waals surface area (Å²) in [6, 6.07) is 7.98. The molecular formula is C13H14ClN3O2. The maximum atomic E-state index is 11.6. The Balaban J connectivity index is 2.18. The average Bonchev–Trinajstić information content (AvgIpc) is 2.74. The van der Waals surface area contributed by atoms with E-state index in [2.05, 4.69) is 10.3 Å². The molecule has 19 heavy (non-hydrogen) atoms. The smallest absolute Gasteiger partial charge is 0.362 e. The predicted molar refractivity (Wildman–Crippen MR) is 71.3 cm³/mol. The minimum Gasteiger partial charge on any atom is -0.461 e. The molecule has 0 saturated carbocycles. The first-order valence-electron chi connectivity index (χ1n) is 5.93. The fourth-order valence-electron chi connectivity index (χ4n) is 1.59. The molecule has 1 aromatic heterocycles. The monoisotopic (exact) mass is 279 g/mol. The highest BCUT2D eigenvalue weighted by Crippen LogP contribution is 2.16. The van der Waals surface area contributed by atoms with Gasteiger partial charge in [0.1, 0.15) is 0 Å². The summed E-state index contributed by atoms with van der Waals surface area (Å²) in [5.74, 6) is -0.553. The van der Waals surface area contributed by atoms with Gasteiger partial charge in [0.15, 0.2) is 5.15 Å². The molecule has 0 unspecified atom stereocenters. The van der Waals surface area contributed by atoms with E-state index in [-0.39, 0.29) is 17.5 Å². The maximum Gasteiger partial charge on any atom is 0.362 e. The van der Waals surface area contributed by atoms with Crippen LogP contribution in [0.25, 0.3) is 0 Å². The van der Waals surface area contributed by atoms with Crippen molar-refractivity contribution in [2.75, 3.05) is 6.61 Å². The Kier molecular flexibility index (Phi) is 4.16. The van der Waals surface area contributed by atoms with Gasteiger partial charge in [-0.15, -0.1) is 5.10 Å². The summed E-state index contributed by atoms with van der Waals surface area (Å²) in [6.07, 6.45) is 0. The molecule has 0 amide bonds. The Hall–Kier alpha value is -1.88. The lowest BCUT2D eigenvalue weighted by Crippen LogP contribution is -2.06. The SMILES string of the molecule is CCOC(=O)c1nnn(Cc2ccc(C)cc2)c1Cl. The molecule has 0 bridgehead atoms. The van der Waals surface area contributed by atoms with Crippen LogP contribution in [0.4, 0.5) is 0 Å². The number of hydrogen-bond acceptors (Lipinski definition) is 4. The largest absolute Gasteiger partial charge is 0.461 e. The van der Waals surface area contributed by atoms with Crippen LogP contribution in [0.3, 0.4) is 0 Å². The van der Waals surface area contributed by atoms with Crippen LogP contribution in [0.2, 0.25) is 5.15 Å². The van der Waals surface area contributed by atoms with Crippen molar-refractivity contribution in [3.8, 4) is 0 Å². The molecular weight excluding hydrogens is 266 g/mol. The quantitative estimate of drug-likeness (QED) is 0.807. The zero-order chi connectivity index (χ0) is 13.8. The summed E-state index contributed by atoms with van der Waals surface area (Å²) in [4.78, 5) is 11.6. The highest BCUT2D eigenvalue weighted by molar-refractivity contribution is 6.32. The minimum absolute atomic E-state index is 0.0515. The lowest BCUT2D eigenvalue weighted by Gasteiger charge is -2.03. The lowest BCUT2D eigenvalue weighted by atomic mass is 10.1. The molecule has 6 heteroatoms. The second-order valence-corrected chi connectivity index (χ2v) is 4.45. The zero-order valence-corrected chi connectivity index (χ0v) is 11.5. The number of rotatable bonds is 4. The first-order valence-corrected chi connectivity index (χ1v) is 6.31. The van der Waals surface area contributed by atoms with Crippen LogP contribution in [0.1, 0.15) is 28.5 Å². The molecule has 0 N–H and O–H groups in total. The maximum absolute atomic E-state index is 11.6. The van der Waals surface area contributed by atoms with Gasteiger partial charge < -0.3 is 4.74 Å². The van der Waals surface area contributed by atoms with Crippen LogP contribution < -0.4 is 0 Å². The average molecular weight is 280 g/mol. The molecule has 1 heterocycles. The normalized spacial score (nSPS) is 10.5. The molecule has 5 nitrogen and oxygen atoms in total. The summed E-state index contributed by atoms with van der Waals surface area (Å²) in [7, 11) is 0. The van der Waals surface area contributed by atoms with Gasteiger partial charge in [0.2, 0.25) is 5.69 Å². The Bertz CT molecular complexity index is 578. The number of hydrogen-bond donors (Lipinski definition) is 0. The van der Waals surface area contributed by atoms with E-state index >= 15 is 0 Å². The van der Waals surface area contributed by atoms with Gasteiger partial charge >= 0.3 is 5.97 Å². The molecule has 100 valence electrons. The zero-order valence-electron chi connectivity index (χ0n) is 10.8. The van der Waals surface area contributed by atoms with Crippen LogP contribution in [-0.4, -0.2) is 27.6 Å². The molecule has 0 aliphatic carbocycles. The number of carbonyl (C=O) groups excluding carboxylic acids is 1. The Morgan fingerprint density at radius 2 is 2.05 bits per heavy atom. The number of carbonyl (C=O) groups is 1. The van der Waals surface area contributed by atoms with Crippen LogP contribution in [0, 0.1) is 6.92 Å². The van der Waals surface area contributed by atoms with Gasteiger partial charge in [-0.05, 0) is 19.4 Å². The molecule has 0 atom stereocenters. The molecule has 2 rings (SSSR count). The Morgan fingerprint density at radius 3 is 2.68 bits per heavy atom. The van der Waals surface area contributed by atoms with E-state index in [9.17, 15) is 4.79 Å². The second-order valence-electron chi connectivity index (χ2n) is 4.09. The van der Waals surface area contributed by atoms with Crippen molar-refractivity contribution in [1.82, 2.24) is 15.0 Å². The molecule has 1 aromatic carbocycles. The van der Waals surface area contributed by atoms with Crippen LogP contribution in [-0.2, 0) is 11.3 Å². The van der Waals surface area contributed by atoms with Crippen LogP contribution in [0.5, 0.6) is 0 Å². The molecule has 0 fully saturated rings. The van der Waals surface area contributed by atoms with Crippen molar-refractivity contribution >= 4 is 17.6 Å². The number of aryl methyl sites for hydroxylation is 1. The first-order chi connectivity index (χ1) is 9.11. The lowest BCUT2D eigenvalue weighted by molar-refractivity contribution is 0.0519. The summed E-state index contributed by atoms with van der Waals surface area (Å²) < 4.78 is 6.32. The summed E-state index contributed by atoms with van der Waals surface area (Å²) in [6.45, 7) is 4.49.